The Kier molecular flexibility index (Phi) is 4.50. The van der Waals surface area contributed by atoms with E-state index in [9.17, 15) is 4.21 Å². The summed E-state index contributed by atoms with van der Waals surface area (Å²) in [5, 5.41) is 0. The Morgan fingerprint density at radius 1 is 0.727 bits per heavy atom. The second-order valence-corrected chi connectivity index (χ2v) is 6.82. The molecule has 0 saturated carbocycles. The molecule has 0 aromatic heterocycles. The molecule has 0 N–H and O–H groups in total. The molecule has 0 aliphatic carbocycles. The van der Waals surface area contributed by atoms with Crippen LogP contribution >= 0.6 is 0 Å². The molecule has 0 bridgehead atoms. The van der Waals surface area contributed by atoms with E-state index < -0.39 is 10.8 Å². The predicted molar refractivity (Wildman–Crippen MR) is 93.2 cm³/mol. The van der Waals surface area contributed by atoms with E-state index in [0.717, 1.165) is 16.0 Å². The molecule has 1 nitrogen and oxygen atoms in total. The maximum atomic E-state index is 12.4. The van der Waals surface area contributed by atoms with Crippen LogP contribution in [0.3, 0.4) is 0 Å². The van der Waals surface area contributed by atoms with Crippen LogP contribution in [-0.4, -0.2) is 4.21 Å². The van der Waals surface area contributed by atoms with E-state index in [1.54, 1.807) is 0 Å². The van der Waals surface area contributed by atoms with E-state index in [0.29, 0.717) is 5.75 Å². The van der Waals surface area contributed by atoms with Gasteiger partial charge in [0.1, 0.15) is 0 Å². The zero-order valence-corrected chi connectivity index (χ0v) is 13.3. The van der Waals surface area contributed by atoms with Crippen molar-refractivity contribution in [3.05, 3.63) is 90.0 Å². The topological polar surface area (TPSA) is 17.1 Å². The quantitative estimate of drug-likeness (QED) is 0.665. The molecule has 3 aromatic rings. The Balaban J connectivity index is 1.76. The summed E-state index contributed by atoms with van der Waals surface area (Å²) in [5.74, 6) is 0.560. The Hall–Kier alpha value is -2.19. The lowest BCUT2D eigenvalue weighted by Gasteiger charge is -2.06. The molecule has 110 valence electrons. The number of aryl methyl sites for hydroxylation is 1. The lowest BCUT2D eigenvalue weighted by atomic mass is 10.0. The fourth-order valence-corrected chi connectivity index (χ4v) is 3.46. The van der Waals surface area contributed by atoms with Gasteiger partial charge in [0.15, 0.2) is 0 Å². The molecule has 3 rings (SSSR count). The van der Waals surface area contributed by atoms with Crippen molar-refractivity contribution in [1.29, 1.82) is 0 Å². The van der Waals surface area contributed by atoms with Gasteiger partial charge in [-0.3, -0.25) is 4.21 Å². The van der Waals surface area contributed by atoms with Gasteiger partial charge in [-0.05, 0) is 35.7 Å². The van der Waals surface area contributed by atoms with Gasteiger partial charge in [-0.25, -0.2) is 0 Å². The van der Waals surface area contributed by atoms with E-state index in [1.807, 2.05) is 54.6 Å². The average Bonchev–Trinajstić information content (AvgIpc) is 2.57. The van der Waals surface area contributed by atoms with Crippen molar-refractivity contribution in [2.75, 3.05) is 0 Å². The minimum atomic E-state index is -1.00. The van der Waals surface area contributed by atoms with Crippen molar-refractivity contribution in [3.8, 4) is 11.1 Å². The minimum absolute atomic E-state index is 0.560. The van der Waals surface area contributed by atoms with Gasteiger partial charge in [0.25, 0.3) is 0 Å². The molecular weight excluding hydrogens is 288 g/mol. The van der Waals surface area contributed by atoms with E-state index in [2.05, 4.69) is 31.2 Å². The molecule has 1 atom stereocenters. The highest BCUT2D eigenvalue weighted by Crippen LogP contribution is 2.22. The van der Waals surface area contributed by atoms with Crippen LogP contribution in [0.1, 0.15) is 11.1 Å². The van der Waals surface area contributed by atoms with Gasteiger partial charge in [-0.1, -0.05) is 72.3 Å². The predicted octanol–water partition coefficient (Wildman–Crippen LogP) is 4.97. The molecule has 0 heterocycles. The van der Waals surface area contributed by atoms with Gasteiger partial charge in [-0.2, -0.15) is 0 Å². The van der Waals surface area contributed by atoms with Crippen molar-refractivity contribution in [2.45, 2.75) is 17.6 Å². The minimum Gasteiger partial charge on any atom is -0.254 e. The second kappa shape index (κ2) is 6.71. The van der Waals surface area contributed by atoms with Gasteiger partial charge in [0.05, 0.1) is 16.6 Å². The molecule has 3 aromatic carbocycles. The number of hydrogen-bond acceptors (Lipinski definition) is 1. The van der Waals surface area contributed by atoms with Gasteiger partial charge in [0.2, 0.25) is 0 Å². The van der Waals surface area contributed by atoms with Gasteiger partial charge in [0, 0.05) is 4.90 Å². The molecule has 0 unspecified atom stereocenters. The Morgan fingerprint density at radius 2 is 1.27 bits per heavy atom. The monoisotopic (exact) mass is 306 g/mol. The summed E-state index contributed by atoms with van der Waals surface area (Å²) in [5.41, 5.74) is 4.69. The van der Waals surface area contributed by atoms with Crippen LogP contribution in [0.4, 0.5) is 0 Å². The average molecular weight is 306 g/mol. The van der Waals surface area contributed by atoms with E-state index in [1.165, 1.54) is 11.1 Å². The molecule has 0 spiro atoms. The summed E-state index contributed by atoms with van der Waals surface area (Å²) < 4.78 is 12.4. The maximum absolute atomic E-state index is 12.4. The lowest BCUT2D eigenvalue weighted by Crippen LogP contribution is -1.96. The van der Waals surface area contributed by atoms with Crippen LogP contribution < -0.4 is 0 Å². The van der Waals surface area contributed by atoms with Crippen LogP contribution in [0, 0.1) is 6.92 Å². The standard InChI is InChI=1S/C20H18OS/c1-16-7-9-18(10-8-16)19-11-13-20(14-12-19)22(21)15-17-5-3-2-4-6-17/h2-14H,15H2,1H3/t22-/m1/s1. The zero-order chi connectivity index (χ0) is 15.4. The Bertz CT molecular complexity index is 759. The third kappa shape index (κ3) is 3.52. The molecule has 0 aliphatic rings. The molecule has 2 heteroatoms. The molecule has 22 heavy (non-hydrogen) atoms. The molecular formula is C20H18OS. The zero-order valence-electron chi connectivity index (χ0n) is 12.5. The van der Waals surface area contributed by atoms with Crippen LogP contribution in [0.2, 0.25) is 0 Å². The summed E-state index contributed by atoms with van der Waals surface area (Å²) in [6.07, 6.45) is 0. The SMILES string of the molecule is Cc1ccc(-c2ccc([S@](=O)Cc3ccccc3)cc2)cc1. The van der Waals surface area contributed by atoms with E-state index >= 15 is 0 Å². The van der Waals surface area contributed by atoms with Crippen molar-refractivity contribution in [3.63, 3.8) is 0 Å². The number of rotatable bonds is 4. The summed E-state index contributed by atoms with van der Waals surface area (Å²) in [6.45, 7) is 2.08. The van der Waals surface area contributed by atoms with Crippen LogP contribution in [0.5, 0.6) is 0 Å². The Morgan fingerprint density at radius 3 is 1.86 bits per heavy atom. The summed E-state index contributed by atoms with van der Waals surface area (Å²) in [7, 11) is -1.00. The number of benzene rings is 3. The normalized spacial score (nSPS) is 12.0. The van der Waals surface area contributed by atoms with E-state index in [4.69, 9.17) is 0 Å². The third-order valence-electron chi connectivity index (χ3n) is 3.64. The molecule has 0 saturated heterocycles. The van der Waals surface area contributed by atoms with E-state index in [-0.39, 0.29) is 0 Å². The van der Waals surface area contributed by atoms with Gasteiger partial charge < -0.3 is 0 Å². The van der Waals surface area contributed by atoms with Crippen molar-refractivity contribution in [2.24, 2.45) is 0 Å². The van der Waals surface area contributed by atoms with Crippen molar-refractivity contribution in [1.82, 2.24) is 0 Å². The second-order valence-electron chi connectivity index (χ2n) is 5.37. The first-order chi connectivity index (χ1) is 10.7. The molecule has 0 aliphatic heterocycles. The first-order valence-electron chi connectivity index (χ1n) is 7.32. The first kappa shape index (κ1) is 14.7. The van der Waals surface area contributed by atoms with Gasteiger partial charge >= 0.3 is 0 Å². The first-order valence-corrected chi connectivity index (χ1v) is 8.64. The fourth-order valence-electron chi connectivity index (χ4n) is 2.35. The van der Waals surface area contributed by atoms with Crippen molar-refractivity contribution < 1.29 is 4.21 Å². The summed E-state index contributed by atoms with van der Waals surface area (Å²) in [4.78, 5) is 0.875. The number of hydrogen-bond donors (Lipinski definition) is 0. The highest BCUT2D eigenvalue weighted by molar-refractivity contribution is 7.84. The molecule has 0 radical (unpaired) electrons. The highest BCUT2D eigenvalue weighted by atomic mass is 32.2. The molecule has 0 amide bonds. The largest absolute Gasteiger partial charge is 0.254 e. The fraction of sp³-hybridized carbons (Fsp3) is 0.100. The van der Waals surface area contributed by atoms with Crippen molar-refractivity contribution >= 4 is 10.8 Å². The third-order valence-corrected chi connectivity index (χ3v) is 5.04. The summed E-state index contributed by atoms with van der Waals surface area (Å²) >= 11 is 0. The summed E-state index contributed by atoms with van der Waals surface area (Å²) in [6, 6.07) is 26.4. The highest BCUT2D eigenvalue weighted by Gasteiger charge is 2.05. The Labute approximate surface area is 134 Å². The molecule has 0 fully saturated rings. The van der Waals surface area contributed by atoms with Crippen LogP contribution in [0.15, 0.2) is 83.8 Å². The maximum Gasteiger partial charge on any atom is 0.0574 e. The lowest BCUT2D eigenvalue weighted by molar-refractivity contribution is 0.682. The van der Waals surface area contributed by atoms with Gasteiger partial charge in [-0.15, -0.1) is 0 Å². The smallest absolute Gasteiger partial charge is 0.0574 e. The van der Waals surface area contributed by atoms with Crippen LogP contribution in [0.25, 0.3) is 11.1 Å². The van der Waals surface area contributed by atoms with Crippen LogP contribution in [-0.2, 0) is 16.6 Å².